The van der Waals surface area contributed by atoms with Crippen LogP contribution in [-0.4, -0.2) is 23.3 Å². The molecule has 0 aromatic heterocycles. The van der Waals surface area contributed by atoms with Gasteiger partial charge in [0.1, 0.15) is 6.10 Å². The molecule has 120 valence electrons. The number of carboxylic acid groups (broad SMARTS) is 1. The van der Waals surface area contributed by atoms with Gasteiger partial charge in [-0.2, -0.15) is 0 Å². The lowest BCUT2D eigenvalue weighted by molar-refractivity contribution is -0.132. The van der Waals surface area contributed by atoms with Gasteiger partial charge in [0, 0.05) is 0 Å². The fourth-order valence-corrected chi connectivity index (χ4v) is 2.56. The van der Waals surface area contributed by atoms with Gasteiger partial charge in [0.15, 0.2) is 0 Å². The van der Waals surface area contributed by atoms with E-state index in [9.17, 15) is 4.79 Å². The van der Waals surface area contributed by atoms with Crippen LogP contribution in [0.25, 0.3) is 0 Å². The lowest BCUT2D eigenvalue weighted by atomic mass is 10.0. The van der Waals surface area contributed by atoms with E-state index < -0.39 is 5.97 Å². The molecule has 3 heteroatoms. The number of hydrogen-bond donors (Lipinski definition) is 1. The van der Waals surface area contributed by atoms with Crippen molar-refractivity contribution in [2.45, 2.75) is 83.8 Å². The summed E-state index contributed by atoms with van der Waals surface area (Å²) in [6.45, 7) is 8.01. The number of unbranched alkanes of at least 4 members (excludes halogenated alkanes) is 5. The van der Waals surface area contributed by atoms with Crippen molar-refractivity contribution in [1.82, 2.24) is 0 Å². The third-order valence-corrected chi connectivity index (χ3v) is 4.06. The number of hydrogen-bond acceptors (Lipinski definition) is 2. The summed E-state index contributed by atoms with van der Waals surface area (Å²) in [5, 5.41) is 8.80. The Morgan fingerprint density at radius 2 is 2.00 bits per heavy atom. The second kappa shape index (κ2) is 9.78. The van der Waals surface area contributed by atoms with Crippen molar-refractivity contribution >= 4 is 5.97 Å². The predicted octanol–water partition coefficient (Wildman–Crippen LogP) is 4.87. The molecule has 1 aliphatic heterocycles. The highest BCUT2D eigenvalue weighted by atomic mass is 16.6. The lowest BCUT2D eigenvalue weighted by Crippen LogP contribution is -2.07. The van der Waals surface area contributed by atoms with Crippen molar-refractivity contribution in [3.05, 3.63) is 23.8 Å². The van der Waals surface area contributed by atoms with E-state index in [0.717, 1.165) is 25.7 Å². The van der Waals surface area contributed by atoms with Gasteiger partial charge in [-0.3, -0.25) is 0 Å². The summed E-state index contributed by atoms with van der Waals surface area (Å²) >= 11 is 0. The Morgan fingerprint density at radius 1 is 1.24 bits per heavy atom. The van der Waals surface area contributed by atoms with E-state index in [1.54, 1.807) is 0 Å². The number of epoxide rings is 1. The van der Waals surface area contributed by atoms with E-state index in [4.69, 9.17) is 9.84 Å². The lowest BCUT2D eigenvalue weighted by Gasteiger charge is -2.01. The first-order valence-electron chi connectivity index (χ1n) is 8.29. The Labute approximate surface area is 129 Å². The Bertz CT molecular complexity index is 371. The molecule has 1 N–H and O–H groups in total. The molecule has 0 aromatic rings. The highest BCUT2D eigenvalue weighted by Crippen LogP contribution is 2.32. The Hall–Kier alpha value is -1.09. The number of carboxylic acids is 1. The van der Waals surface area contributed by atoms with Gasteiger partial charge in [-0.05, 0) is 39.0 Å². The Balaban J connectivity index is 2.00. The summed E-state index contributed by atoms with van der Waals surface area (Å²) in [4.78, 5) is 10.7. The highest BCUT2D eigenvalue weighted by molar-refractivity contribution is 5.87. The zero-order valence-electron chi connectivity index (χ0n) is 13.6. The smallest absolute Gasteiger partial charge is 0.333 e. The quantitative estimate of drug-likeness (QED) is 0.242. The molecule has 1 heterocycles. The second-order valence-corrected chi connectivity index (χ2v) is 6.07. The van der Waals surface area contributed by atoms with Gasteiger partial charge in [0.25, 0.3) is 0 Å². The summed E-state index contributed by atoms with van der Waals surface area (Å²) in [5.74, 6) is -0.941. The number of rotatable bonds is 12. The van der Waals surface area contributed by atoms with Crippen molar-refractivity contribution in [1.29, 1.82) is 0 Å². The van der Waals surface area contributed by atoms with Gasteiger partial charge in [-0.15, -0.1) is 0 Å². The van der Waals surface area contributed by atoms with Crippen LogP contribution in [0, 0.1) is 0 Å². The van der Waals surface area contributed by atoms with Crippen molar-refractivity contribution in [3.8, 4) is 0 Å². The molecule has 0 radical (unpaired) electrons. The Kier molecular flexibility index (Phi) is 8.36. The maximum absolute atomic E-state index is 10.7. The fraction of sp³-hybridized carbons (Fsp3) is 0.722. The molecule has 2 atom stereocenters. The van der Waals surface area contributed by atoms with E-state index >= 15 is 0 Å². The number of aliphatic carboxylic acids is 1. The van der Waals surface area contributed by atoms with E-state index in [0.29, 0.717) is 0 Å². The zero-order chi connectivity index (χ0) is 15.7. The first-order chi connectivity index (χ1) is 10.1. The third-order valence-electron chi connectivity index (χ3n) is 4.06. The molecule has 3 nitrogen and oxygen atoms in total. The molecule has 21 heavy (non-hydrogen) atoms. The van der Waals surface area contributed by atoms with Crippen LogP contribution in [0.5, 0.6) is 0 Å². The van der Waals surface area contributed by atoms with E-state index in [1.165, 1.54) is 37.7 Å². The topological polar surface area (TPSA) is 49.8 Å². The van der Waals surface area contributed by atoms with Crippen LogP contribution in [0.15, 0.2) is 23.8 Å². The fourth-order valence-electron chi connectivity index (χ4n) is 2.56. The molecule has 1 rings (SSSR count). The first-order valence-corrected chi connectivity index (χ1v) is 8.29. The highest BCUT2D eigenvalue weighted by Gasteiger charge is 2.42. The van der Waals surface area contributed by atoms with Crippen LogP contribution in [0.4, 0.5) is 0 Å². The van der Waals surface area contributed by atoms with Gasteiger partial charge >= 0.3 is 5.97 Å². The molecule has 0 spiro atoms. The second-order valence-electron chi connectivity index (χ2n) is 6.07. The van der Waals surface area contributed by atoms with Crippen LogP contribution in [0.1, 0.15) is 71.6 Å². The van der Waals surface area contributed by atoms with Crippen molar-refractivity contribution < 1.29 is 14.6 Å². The molecular weight excluding hydrogens is 264 g/mol. The molecular formula is C18H30O3. The Morgan fingerprint density at radius 3 is 2.67 bits per heavy atom. The maximum Gasteiger partial charge on any atom is 0.333 e. The zero-order valence-corrected chi connectivity index (χ0v) is 13.6. The average molecular weight is 294 g/mol. The normalized spacial score (nSPS) is 21.3. The largest absolute Gasteiger partial charge is 0.478 e. The SMILES string of the molecule is C=C(C(=O)O)[C@@H]1O[C@H]1CCCC/C=C(\C)CCCCCC. The van der Waals surface area contributed by atoms with Crippen molar-refractivity contribution in [2.24, 2.45) is 0 Å². The third kappa shape index (κ3) is 7.47. The van der Waals surface area contributed by atoms with E-state index in [2.05, 4.69) is 26.5 Å². The molecule has 0 unspecified atom stereocenters. The van der Waals surface area contributed by atoms with Crippen LogP contribution >= 0.6 is 0 Å². The minimum absolute atomic E-state index is 0.0905. The van der Waals surface area contributed by atoms with Crippen molar-refractivity contribution in [3.63, 3.8) is 0 Å². The van der Waals surface area contributed by atoms with Gasteiger partial charge in [0.2, 0.25) is 0 Å². The summed E-state index contributed by atoms with van der Waals surface area (Å²) in [5.41, 5.74) is 1.70. The maximum atomic E-state index is 10.7. The van der Waals surface area contributed by atoms with E-state index in [-0.39, 0.29) is 17.8 Å². The number of ether oxygens (including phenoxy) is 1. The monoisotopic (exact) mass is 294 g/mol. The molecule has 0 saturated carbocycles. The summed E-state index contributed by atoms with van der Waals surface area (Å²) in [7, 11) is 0. The molecule has 0 aromatic carbocycles. The molecule has 1 aliphatic rings. The van der Waals surface area contributed by atoms with Crippen LogP contribution in [-0.2, 0) is 9.53 Å². The van der Waals surface area contributed by atoms with Crippen LogP contribution in [0.3, 0.4) is 0 Å². The van der Waals surface area contributed by atoms with Gasteiger partial charge in [-0.1, -0.05) is 50.8 Å². The van der Waals surface area contributed by atoms with Gasteiger partial charge < -0.3 is 9.84 Å². The minimum atomic E-state index is -0.941. The van der Waals surface area contributed by atoms with E-state index in [1.807, 2.05) is 0 Å². The van der Waals surface area contributed by atoms with Crippen LogP contribution < -0.4 is 0 Å². The standard InChI is InChI=1S/C18H30O3/c1-4-5-6-8-11-14(2)12-9-7-10-13-16-17(21-16)15(3)18(19)20/h12,16-17H,3-11,13H2,1-2H3,(H,19,20)/b14-12+/t16-,17-/m0/s1. The summed E-state index contributed by atoms with van der Waals surface area (Å²) < 4.78 is 5.35. The molecule has 0 bridgehead atoms. The molecule has 0 aliphatic carbocycles. The van der Waals surface area contributed by atoms with Crippen molar-refractivity contribution in [2.75, 3.05) is 0 Å². The number of carbonyl (C=O) groups is 1. The average Bonchev–Trinajstić information content (AvgIpc) is 3.21. The minimum Gasteiger partial charge on any atom is -0.478 e. The number of allylic oxidation sites excluding steroid dienone is 2. The molecule has 1 fully saturated rings. The van der Waals surface area contributed by atoms with Gasteiger partial charge in [0.05, 0.1) is 11.7 Å². The molecule has 0 amide bonds. The van der Waals surface area contributed by atoms with Gasteiger partial charge in [-0.25, -0.2) is 4.79 Å². The van der Waals surface area contributed by atoms with Crippen LogP contribution in [0.2, 0.25) is 0 Å². The summed E-state index contributed by atoms with van der Waals surface area (Å²) in [6.07, 6.45) is 13.0. The predicted molar refractivity (Wildman–Crippen MR) is 86.4 cm³/mol. The molecule has 1 saturated heterocycles. The first kappa shape index (κ1) is 18.0. The summed E-state index contributed by atoms with van der Waals surface area (Å²) in [6, 6.07) is 0.